The molecule has 0 aliphatic heterocycles. The maximum absolute atomic E-state index is 11.9. The Hall–Kier alpha value is -1.85. The second-order valence-electron chi connectivity index (χ2n) is 5.73. The number of nitrogens with one attached hydrogen (secondary N) is 2. The van der Waals surface area contributed by atoms with Gasteiger partial charge in [-0.1, -0.05) is 50.0 Å². The minimum Gasteiger partial charge on any atom is -0.336 e. The third-order valence-corrected chi connectivity index (χ3v) is 3.43. The highest BCUT2D eigenvalue weighted by Gasteiger charge is 2.21. The molecule has 0 saturated carbocycles. The van der Waals surface area contributed by atoms with Crippen LogP contribution in [0.1, 0.15) is 20.8 Å². The summed E-state index contributed by atoms with van der Waals surface area (Å²) in [6.45, 7) is 5.47. The van der Waals surface area contributed by atoms with Crippen LogP contribution in [0, 0.1) is 5.41 Å². The molecule has 5 nitrogen and oxygen atoms in total. The van der Waals surface area contributed by atoms with E-state index in [2.05, 4.69) is 20.8 Å². The largest absolute Gasteiger partial charge is 0.336 e. The first-order chi connectivity index (χ1) is 10.3. The van der Waals surface area contributed by atoms with Gasteiger partial charge in [-0.15, -0.1) is 10.2 Å². The maximum Gasteiger partial charge on any atom is 0.230 e. The van der Waals surface area contributed by atoms with Crippen LogP contribution in [0.3, 0.4) is 0 Å². The van der Waals surface area contributed by atoms with Crippen molar-refractivity contribution >= 4 is 46.4 Å². The molecule has 0 aliphatic rings. The van der Waals surface area contributed by atoms with Gasteiger partial charge >= 0.3 is 0 Å². The number of carbonyl (C=O) groups excluding carboxylic acids is 1. The highest BCUT2D eigenvalue weighted by atomic mass is 35.5. The van der Waals surface area contributed by atoms with Crippen molar-refractivity contribution in [3.63, 3.8) is 0 Å². The van der Waals surface area contributed by atoms with Gasteiger partial charge in [0.05, 0.1) is 15.7 Å². The number of hydrogen-bond donors (Lipinski definition) is 2. The molecular weight excluding hydrogens is 323 g/mol. The summed E-state index contributed by atoms with van der Waals surface area (Å²) < 4.78 is 0. The van der Waals surface area contributed by atoms with Crippen molar-refractivity contribution < 1.29 is 4.79 Å². The quantitative estimate of drug-likeness (QED) is 0.863. The van der Waals surface area contributed by atoms with Crippen molar-refractivity contribution in [2.24, 2.45) is 5.41 Å². The van der Waals surface area contributed by atoms with E-state index in [1.165, 1.54) is 0 Å². The Kier molecular flexibility index (Phi) is 4.88. The maximum atomic E-state index is 11.9. The van der Waals surface area contributed by atoms with Crippen LogP contribution >= 0.6 is 23.2 Å². The zero-order valence-electron chi connectivity index (χ0n) is 12.4. The van der Waals surface area contributed by atoms with E-state index in [1.54, 1.807) is 30.3 Å². The minimum atomic E-state index is -0.496. The van der Waals surface area contributed by atoms with Crippen LogP contribution in [0.2, 0.25) is 10.0 Å². The predicted molar refractivity (Wildman–Crippen MR) is 89.9 cm³/mol. The lowest BCUT2D eigenvalue weighted by atomic mass is 9.96. The first kappa shape index (κ1) is 16.5. The van der Waals surface area contributed by atoms with Gasteiger partial charge in [-0.3, -0.25) is 4.79 Å². The Morgan fingerprint density at radius 3 is 2.05 bits per heavy atom. The zero-order valence-corrected chi connectivity index (χ0v) is 14.0. The van der Waals surface area contributed by atoms with E-state index in [1.807, 2.05) is 20.8 Å². The molecule has 0 aliphatic carbocycles. The normalized spacial score (nSPS) is 11.1. The van der Waals surface area contributed by atoms with Crippen LogP contribution < -0.4 is 10.6 Å². The highest BCUT2D eigenvalue weighted by Crippen LogP contribution is 2.31. The second-order valence-corrected chi connectivity index (χ2v) is 6.54. The lowest BCUT2D eigenvalue weighted by Gasteiger charge is -2.17. The molecule has 1 aromatic heterocycles. The Morgan fingerprint density at radius 2 is 1.55 bits per heavy atom. The van der Waals surface area contributed by atoms with Gasteiger partial charge in [-0.05, 0) is 24.3 Å². The monoisotopic (exact) mass is 338 g/mol. The van der Waals surface area contributed by atoms with Crippen LogP contribution in [-0.4, -0.2) is 16.1 Å². The number of carbonyl (C=O) groups is 1. The van der Waals surface area contributed by atoms with E-state index in [-0.39, 0.29) is 5.91 Å². The van der Waals surface area contributed by atoms with Gasteiger partial charge < -0.3 is 10.6 Å². The van der Waals surface area contributed by atoms with Gasteiger partial charge in [0.15, 0.2) is 11.6 Å². The number of anilines is 3. The molecule has 0 bridgehead atoms. The van der Waals surface area contributed by atoms with E-state index < -0.39 is 5.41 Å². The first-order valence-corrected chi connectivity index (χ1v) is 7.39. The molecule has 0 spiro atoms. The van der Waals surface area contributed by atoms with Gasteiger partial charge in [0.2, 0.25) is 5.91 Å². The van der Waals surface area contributed by atoms with Gasteiger partial charge in [-0.25, -0.2) is 0 Å². The minimum absolute atomic E-state index is 0.128. The average molecular weight is 339 g/mol. The molecule has 2 rings (SSSR count). The predicted octanol–water partition coefficient (Wildman–Crippen LogP) is 4.51. The van der Waals surface area contributed by atoms with Gasteiger partial charge in [0.25, 0.3) is 0 Å². The molecule has 0 unspecified atom stereocenters. The summed E-state index contributed by atoms with van der Waals surface area (Å²) in [5, 5.41) is 14.6. The molecule has 0 fully saturated rings. The van der Waals surface area contributed by atoms with Gasteiger partial charge in [0.1, 0.15) is 0 Å². The SMILES string of the molecule is CC(C)(C)C(=O)Nc1ccc(Nc2c(Cl)cccc2Cl)nn1. The summed E-state index contributed by atoms with van der Waals surface area (Å²) in [6.07, 6.45) is 0. The molecule has 2 aromatic rings. The number of rotatable bonds is 3. The fraction of sp³-hybridized carbons (Fsp3) is 0.267. The molecule has 22 heavy (non-hydrogen) atoms. The van der Waals surface area contributed by atoms with E-state index >= 15 is 0 Å². The summed E-state index contributed by atoms with van der Waals surface area (Å²) in [6, 6.07) is 8.55. The van der Waals surface area contributed by atoms with Crippen molar-refractivity contribution in [2.45, 2.75) is 20.8 Å². The van der Waals surface area contributed by atoms with Crippen molar-refractivity contribution in [1.29, 1.82) is 0 Å². The summed E-state index contributed by atoms with van der Waals surface area (Å²) in [4.78, 5) is 11.9. The van der Waals surface area contributed by atoms with E-state index in [0.29, 0.717) is 27.4 Å². The molecule has 0 radical (unpaired) electrons. The van der Waals surface area contributed by atoms with Crippen molar-refractivity contribution in [3.8, 4) is 0 Å². The van der Waals surface area contributed by atoms with Crippen LogP contribution in [0.5, 0.6) is 0 Å². The number of hydrogen-bond acceptors (Lipinski definition) is 4. The van der Waals surface area contributed by atoms with Crippen LogP contribution in [0.25, 0.3) is 0 Å². The molecule has 1 amide bonds. The van der Waals surface area contributed by atoms with Crippen molar-refractivity contribution in [2.75, 3.05) is 10.6 Å². The number of aromatic nitrogens is 2. The number of amides is 1. The lowest BCUT2D eigenvalue weighted by Crippen LogP contribution is -2.28. The van der Waals surface area contributed by atoms with E-state index in [4.69, 9.17) is 23.2 Å². The second kappa shape index (κ2) is 6.50. The van der Waals surface area contributed by atoms with Gasteiger partial charge in [-0.2, -0.15) is 0 Å². The third-order valence-electron chi connectivity index (χ3n) is 2.80. The Bertz CT molecular complexity index is 661. The number of nitrogens with zero attached hydrogens (tertiary/aromatic N) is 2. The molecular formula is C15H16Cl2N4O. The smallest absolute Gasteiger partial charge is 0.230 e. The summed E-state index contributed by atoms with van der Waals surface area (Å²) in [7, 11) is 0. The van der Waals surface area contributed by atoms with Crippen LogP contribution in [-0.2, 0) is 4.79 Å². The fourth-order valence-electron chi connectivity index (χ4n) is 1.51. The molecule has 0 saturated heterocycles. The average Bonchev–Trinajstić information content (AvgIpc) is 2.44. The van der Waals surface area contributed by atoms with E-state index in [0.717, 1.165) is 0 Å². The zero-order chi connectivity index (χ0) is 16.3. The molecule has 1 aromatic carbocycles. The standard InChI is InChI=1S/C15H16Cl2N4O/c1-15(2,3)14(22)19-12-8-7-11(20-21-12)18-13-9(16)5-4-6-10(13)17/h4-8H,1-3H3,(H,18,20)(H,19,21,22). The van der Waals surface area contributed by atoms with Crippen molar-refractivity contribution in [1.82, 2.24) is 10.2 Å². The fourth-order valence-corrected chi connectivity index (χ4v) is 2.01. The molecule has 0 atom stereocenters. The molecule has 2 N–H and O–H groups in total. The topological polar surface area (TPSA) is 66.9 Å². The number of para-hydroxylation sites is 1. The lowest BCUT2D eigenvalue weighted by molar-refractivity contribution is -0.123. The summed E-state index contributed by atoms with van der Waals surface area (Å²) in [5.41, 5.74) is 0.0653. The number of halogens is 2. The molecule has 7 heteroatoms. The van der Waals surface area contributed by atoms with Crippen LogP contribution in [0.4, 0.5) is 17.3 Å². The van der Waals surface area contributed by atoms with Crippen molar-refractivity contribution in [3.05, 3.63) is 40.4 Å². The highest BCUT2D eigenvalue weighted by molar-refractivity contribution is 6.39. The van der Waals surface area contributed by atoms with E-state index in [9.17, 15) is 4.79 Å². The third kappa shape index (κ3) is 4.08. The Labute approximate surface area is 139 Å². The molecule has 1 heterocycles. The Morgan fingerprint density at radius 1 is 1.00 bits per heavy atom. The number of benzene rings is 1. The van der Waals surface area contributed by atoms with Gasteiger partial charge in [0, 0.05) is 5.41 Å². The summed E-state index contributed by atoms with van der Waals surface area (Å²) >= 11 is 12.2. The summed E-state index contributed by atoms with van der Waals surface area (Å²) in [5.74, 6) is 0.733. The first-order valence-electron chi connectivity index (χ1n) is 6.63. The van der Waals surface area contributed by atoms with Crippen LogP contribution in [0.15, 0.2) is 30.3 Å². The Balaban J connectivity index is 2.11. The molecule has 116 valence electrons.